The van der Waals surface area contributed by atoms with Crippen LogP contribution in [-0.4, -0.2) is 0 Å². The summed E-state index contributed by atoms with van der Waals surface area (Å²) in [5.74, 6) is 0. The molecule has 0 aliphatic heterocycles. The highest BCUT2D eigenvalue weighted by Crippen LogP contribution is 2.27. The topological polar surface area (TPSA) is 17.1 Å². The number of aryl methyl sites for hydroxylation is 1. The molecule has 1 atom stereocenters. The van der Waals surface area contributed by atoms with Gasteiger partial charge in [0, 0.05) is 11.1 Å². The van der Waals surface area contributed by atoms with Crippen molar-refractivity contribution in [1.29, 1.82) is 0 Å². The van der Waals surface area contributed by atoms with Crippen LogP contribution in [0.2, 0.25) is 0 Å². The van der Waals surface area contributed by atoms with E-state index < -0.39 is 7.80 Å². The Morgan fingerprint density at radius 3 is 2.25 bits per heavy atom. The molecule has 0 aromatic heterocycles. The van der Waals surface area contributed by atoms with Crippen LogP contribution >= 0.6 is 7.80 Å². The van der Waals surface area contributed by atoms with Gasteiger partial charge in [-0.05, 0) is 13.0 Å². The first-order valence-electron chi connectivity index (χ1n) is 5.31. The van der Waals surface area contributed by atoms with E-state index in [1.54, 1.807) is 0 Å². The zero-order valence-corrected chi connectivity index (χ0v) is 10.2. The Balaban J connectivity index is 2.19. The highest BCUT2D eigenvalue weighted by Gasteiger charge is 2.21. The molecule has 1 nitrogen and oxygen atoms in total. The van der Waals surface area contributed by atoms with Crippen molar-refractivity contribution in [1.82, 2.24) is 0 Å². The van der Waals surface area contributed by atoms with Crippen molar-refractivity contribution >= 4 is 13.1 Å². The highest BCUT2D eigenvalue weighted by atomic mass is 31.1. The van der Waals surface area contributed by atoms with E-state index in [-0.39, 0.29) is 0 Å². The number of benzene rings is 2. The Morgan fingerprint density at radius 1 is 0.938 bits per heavy atom. The van der Waals surface area contributed by atoms with Crippen LogP contribution in [0.5, 0.6) is 0 Å². The molecule has 16 heavy (non-hydrogen) atoms. The summed E-state index contributed by atoms with van der Waals surface area (Å²) in [7, 11) is -1.32. The zero-order valence-electron chi connectivity index (χ0n) is 9.26. The number of hydrogen-bond acceptors (Lipinski definition) is 1. The van der Waals surface area contributed by atoms with E-state index >= 15 is 0 Å². The molecule has 0 aliphatic rings. The van der Waals surface area contributed by atoms with E-state index in [9.17, 15) is 4.57 Å². The fourth-order valence-electron chi connectivity index (χ4n) is 1.68. The summed E-state index contributed by atoms with van der Waals surface area (Å²) < 4.78 is 12.2. The molecule has 0 saturated carbocycles. The molecule has 0 radical (unpaired) electrons. The number of rotatable bonds is 3. The second-order valence-corrected chi connectivity index (χ2v) is 5.36. The van der Waals surface area contributed by atoms with Crippen LogP contribution in [0.1, 0.15) is 11.1 Å². The third-order valence-electron chi connectivity index (χ3n) is 2.55. The highest BCUT2D eigenvalue weighted by molar-refractivity contribution is 7.52. The predicted molar refractivity (Wildman–Crippen MR) is 68.6 cm³/mol. The van der Waals surface area contributed by atoms with Crippen LogP contribution in [0.15, 0.2) is 54.6 Å². The molecule has 0 bridgehead atoms. The minimum atomic E-state index is -1.32. The molecule has 0 aliphatic carbocycles. The molecule has 2 rings (SSSR count). The maximum absolute atomic E-state index is 12.2. The minimum Gasteiger partial charge on any atom is -0.0677 e. The van der Waals surface area contributed by atoms with E-state index in [1.807, 2.05) is 61.5 Å². The summed E-state index contributed by atoms with van der Waals surface area (Å²) in [5.41, 5.74) is 2.24. The summed E-state index contributed by atoms with van der Waals surface area (Å²) in [4.78, 5) is 0. The standard InChI is InChI=1S/C14H14OP/c1-12-7-5-6-10-14(12)16(15)11-13-8-3-2-4-9-13/h2-10H,11H2,1H3/q+1. The van der Waals surface area contributed by atoms with Gasteiger partial charge in [0.2, 0.25) is 0 Å². The summed E-state index contributed by atoms with van der Waals surface area (Å²) in [6.45, 7) is 2.01. The Morgan fingerprint density at radius 2 is 1.56 bits per heavy atom. The molecule has 1 unspecified atom stereocenters. The van der Waals surface area contributed by atoms with Crippen molar-refractivity contribution in [2.45, 2.75) is 13.1 Å². The first-order valence-corrected chi connectivity index (χ1v) is 6.76. The Kier molecular flexibility index (Phi) is 3.48. The normalized spacial score (nSPS) is 11.2. The monoisotopic (exact) mass is 229 g/mol. The Labute approximate surface area is 96.9 Å². The van der Waals surface area contributed by atoms with Gasteiger partial charge in [0.15, 0.2) is 11.5 Å². The van der Waals surface area contributed by atoms with Crippen LogP contribution < -0.4 is 5.30 Å². The first-order chi connectivity index (χ1) is 7.77. The predicted octanol–water partition coefficient (Wildman–Crippen LogP) is 3.65. The maximum Gasteiger partial charge on any atom is 0.381 e. The lowest BCUT2D eigenvalue weighted by Gasteiger charge is -1.95. The quantitative estimate of drug-likeness (QED) is 0.734. The maximum atomic E-state index is 12.2. The molecule has 0 heterocycles. The van der Waals surface area contributed by atoms with E-state index in [0.717, 1.165) is 16.4 Å². The van der Waals surface area contributed by atoms with Gasteiger partial charge in [-0.25, -0.2) is 0 Å². The molecule has 2 aromatic rings. The van der Waals surface area contributed by atoms with Gasteiger partial charge in [-0.15, -0.1) is 0 Å². The van der Waals surface area contributed by atoms with Gasteiger partial charge in [-0.1, -0.05) is 53.1 Å². The minimum absolute atomic E-state index is 0.626. The SMILES string of the molecule is Cc1ccccc1[P+](=O)Cc1ccccc1. The van der Waals surface area contributed by atoms with E-state index in [2.05, 4.69) is 0 Å². The van der Waals surface area contributed by atoms with Crippen molar-refractivity contribution in [3.63, 3.8) is 0 Å². The first kappa shape index (κ1) is 11.0. The molecule has 0 saturated heterocycles. The van der Waals surface area contributed by atoms with Gasteiger partial charge in [-0.3, -0.25) is 0 Å². The van der Waals surface area contributed by atoms with Gasteiger partial charge >= 0.3 is 7.80 Å². The van der Waals surface area contributed by atoms with Crippen molar-refractivity contribution in [3.05, 3.63) is 65.7 Å². The molecule has 2 aromatic carbocycles. The van der Waals surface area contributed by atoms with Crippen LogP contribution in [-0.2, 0) is 10.7 Å². The fraction of sp³-hybridized carbons (Fsp3) is 0.143. The van der Waals surface area contributed by atoms with Gasteiger partial charge in [0.05, 0.1) is 0 Å². The second kappa shape index (κ2) is 5.05. The van der Waals surface area contributed by atoms with Crippen LogP contribution in [0.3, 0.4) is 0 Å². The van der Waals surface area contributed by atoms with E-state index in [1.165, 1.54) is 0 Å². The largest absolute Gasteiger partial charge is 0.381 e. The van der Waals surface area contributed by atoms with Gasteiger partial charge < -0.3 is 0 Å². The summed E-state index contributed by atoms with van der Waals surface area (Å²) >= 11 is 0. The Hall–Kier alpha value is -1.46. The Bertz CT molecular complexity index is 491. The van der Waals surface area contributed by atoms with E-state index in [0.29, 0.717) is 6.16 Å². The zero-order chi connectivity index (χ0) is 11.4. The summed E-state index contributed by atoms with van der Waals surface area (Å²) in [6, 6.07) is 17.9. The molecule has 0 amide bonds. The lowest BCUT2D eigenvalue weighted by atomic mass is 10.2. The molecular formula is C14H14OP+. The lowest BCUT2D eigenvalue weighted by molar-refractivity contribution is 0.592. The fourth-order valence-corrected chi connectivity index (χ4v) is 3.11. The smallest absolute Gasteiger partial charge is 0.0677 e. The number of hydrogen-bond donors (Lipinski definition) is 0. The van der Waals surface area contributed by atoms with Crippen molar-refractivity contribution < 1.29 is 4.57 Å². The third-order valence-corrected chi connectivity index (χ3v) is 4.24. The lowest BCUT2D eigenvalue weighted by Crippen LogP contribution is -2.01. The third kappa shape index (κ3) is 2.56. The van der Waals surface area contributed by atoms with Crippen molar-refractivity contribution in [2.24, 2.45) is 0 Å². The molecule has 0 fully saturated rings. The van der Waals surface area contributed by atoms with Crippen LogP contribution in [0.4, 0.5) is 0 Å². The van der Waals surface area contributed by atoms with E-state index in [4.69, 9.17) is 0 Å². The van der Waals surface area contributed by atoms with Gasteiger partial charge in [0.1, 0.15) is 0 Å². The van der Waals surface area contributed by atoms with Gasteiger partial charge in [-0.2, -0.15) is 0 Å². The average Bonchev–Trinajstić information content (AvgIpc) is 2.31. The molecule has 0 spiro atoms. The van der Waals surface area contributed by atoms with Crippen molar-refractivity contribution in [2.75, 3.05) is 0 Å². The second-order valence-electron chi connectivity index (χ2n) is 3.81. The van der Waals surface area contributed by atoms with Gasteiger partial charge in [0.25, 0.3) is 0 Å². The molecule has 0 N–H and O–H groups in total. The summed E-state index contributed by atoms with van der Waals surface area (Å²) in [6.07, 6.45) is 0.626. The molecular weight excluding hydrogens is 215 g/mol. The van der Waals surface area contributed by atoms with Crippen LogP contribution in [0.25, 0.3) is 0 Å². The summed E-state index contributed by atoms with van der Waals surface area (Å²) in [5, 5.41) is 0.973. The van der Waals surface area contributed by atoms with Crippen molar-refractivity contribution in [3.8, 4) is 0 Å². The average molecular weight is 229 g/mol. The molecule has 2 heteroatoms. The molecule has 80 valence electrons. The van der Waals surface area contributed by atoms with Crippen LogP contribution in [0, 0.1) is 6.92 Å².